The van der Waals surface area contributed by atoms with Gasteiger partial charge in [0, 0.05) is 24.7 Å². The summed E-state index contributed by atoms with van der Waals surface area (Å²) < 4.78 is 6.06. The van der Waals surface area contributed by atoms with E-state index in [0.29, 0.717) is 24.4 Å². The van der Waals surface area contributed by atoms with Crippen LogP contribution in [0, 0.1) is 0 Å². The standard InChI is InChI=1S/C24H29NO4/c1-5-25(6-2)23(26)14-17(3)20-12-13-22(21(15-20)16-24(27)28)29-18(4)19-10-8-7-9-11-19/h7-15,18H,5-6,16H2,1-4H3,(H,27,28)/t18-/m1/s1. The van der Waals surface area contributed by atoms with E-state index in [-0.39, 0.29) is 18.4 Å². The van der Waals surface area contributed by atoms with Gasteiger partial charge in [0.1, 0.15) is 11.9 Å². The Bertz CT molecular complexity index is 870. The molecule has 0 radical (unpaired) electrons. The van der Waals surface area contributed by atoms with Crippen LogP contribution in [-0.4, -0.2) is 35.0 Å². The van der Waals surface area contributed by atoms with Crippen molar-refractivity contribution >= 4 is 17.4 Å². The number of amides is 1. The number of carboxylic acids is 1. The normalized spacial score (nSPS) is 12.3. The molecule has 0 saturated carbocycles. The minimum atomic E-state index is -0.930. The number of ether oxygens (including phenoxy) is 1. The van der Waals surface area contributed by atoms with Crippen molar-refractivity contribution < 1.29 is 19.4 Å². The third-order valence-electron chi connectivity index (χ3n) is 4.85. The van der Waals surface area contributed by atoms with Gasteiger partial charge in [0.25, 0.3) is 0 Å². The van der Waals surface area contributed by atoms with Crippen molar-refractivity contribution in [3.8, 4) is 5.75 Å². The number of rotatable bonds is 9. The number of carbonyl (C=O) groups is 2. The molecule has 0 aliphatic heterocycles. The van der Waals surface area contributed by atoms with Gasteiger partial charge in [-0.2, -0.15) is 0 Å². The highest BCUT2D eigenvalue weighted by molar-refractivity contribution is 5.95. The Morgan fingerprint density at radius 2 is 1.76 bits per heavy atom. The first-order valence-electron chi connectivity index (χ1n) is 9.89. The Labute approximate surface area is 172 Å². The number of aliphatic carboxylic acids is 1. The van der Waals surface area contributed by atoms with E-state index < -0.39 is 5.97 Å². The fraction of sp³-hybridized carbons (Fsp3) is 0.333. The number of likely N-dealkylation sites (N-methyl/N-ethyl adjacent to an activating group) is 1. The van der Waals surface area contributed by atoms with Gasteiger partial charge in [-0.05, 0) is 56.5 Å². The van der Waals surface area contributed by atoms with Gasteiger partial charge in [0.15, 0.2) is 0 Å². The second-order valence-corrected chi connectivity index (χ2v) is 6.90. The summed E-state index contributed by atoms with van der Waals surface area (Å²) in [6, 6.07) is 15.2. The molecule has 0 heterocycles. The lowest BCUT2D eigenvalue weighted by Crippen LogP contribution is -2.28. The number of allylic oxidation sites excluding steroid dienone is 1. The van der Waals surface area contributed by atoms with Gasteiger partial charge in [0.05, 0.1) is 6.42 Å². The molecule has 2 rings (SSSR count). The van der Waals surface area contributed by atoms with Crippen molar-refractivity contribution in [1.82, 2.24) is 4.90 Å². The number of nitrogens with zero attached hydrogens (tertiary/aromatic N) is 1. The first-order chi connectivity index (χ1) is 13.8. The molecule has 1 atom stereocenters. The quantitative estimate of drug-likeness (QED) is 0.624. The number of carboxylic acid groups (broad SMARTS) is 1. The van der Waals surface area contributed by atoms with Crippen LogP contribution < -0.4 is 4.74 Å². The van der Waals surface area contributed by atoms with Gasteiger partial charge in [-0.15, -0.1) is 0 Å². The number of carbonyl (C=O) groups excluding carboxylic acids is 1. The largest absolute Gasteiger partial charge is 0.486 e. The fourth-order valence-electron chi connectivity index (χ4n) is 3.12. The van der Waals surface area contributed by atoms with Gasteiger partial charge in [-0.3, -0.25) is 9.59 Å². The van der Waals surface area contributed by atoms with Crippen LogP contribution in [0.4, 0.5) is 0 Å². The summed E-state index contributed by atoms with van der Waals surface area (Å²) in [5.41, 5.74) is 3.19. The summed E-state index contributed by atoms with van der Waals surface area (Å²) in [6.45, 7) is 8.96. The summed E-state index contributed by atoms with van der Waals surface area (Å²) in [5.74, 6) is -0.444. The van der Waals surface area contributed by atoms with Crippen molar-refractivity contribution in [2.24, 2.45) is 0 Å². The van der Waals surface area contributed by atoms with E-state index >= 15 is 0 Å². The van der Waals surface area contributed by atoms with Crippen LogP contribution in [0.2, 0.25) is 0 Å². The smallest absolute Gasteiger partial charge is 0.307 e. The van der Waals surface area contributed by atoms with Crippen LogP contribution in [0.25, 0.3) is 5.57 Å². The third kappa shape index (κ3) is 6.21. The highest BCUT2D eigenvalue weighted by Crippen LogP contribution is 2.29. The monoisotopic (exact) mass is 395 g/mol. The molecule has 0 bridgehead atoms. The molecular weight excluding hydrogens is 366 g/mol. The van der Waals surface area contributed by atoms with Crippen LogP contribution >= 0.6 is 0 Å². The van der Waals surface area contributed by atoms with E-state index in [4.69, 9.17) is 4.74 Å². The average molecular weight is 395 g/mol. The molecule has 0 fully saturated rings. The van der Waals surface area contributed by atoms with Gasteiger partial charge in [-0.1, -0.05) is 36.4 Å². The zero-order valence-corrected chi connectivity index (χ0v) is 17.5. The van der Waals surface area contributed by atoms with Crippen LogP contribution in [-0.2, 0) is 16.0 Å². The summed E-state index contributed by atoms with van der Waals surface area (Å²) in [7, 11) is 0. The van der Waals surface area contributed by atoms with Gasteiger partial charge < -0.3 is 14.7 Å². The van der Waals surface area contributed by atoms with E-state index in [9.17, 15) is 14.7 Å². The molecular formula is C24H29NO4. The lowest BCUT2D eigenvalue weighted by atomic mass is 10.0. The Morgan fingerprint density at radius 1 is 1.10 bits per heavy atom. The highest BCUT2D eigenvalue weighted by atomic mass is 16.5. The maximum absolute atomic E-state index is 12.4. The molecule has 5 nitrogen and oxygen atoms in total. The molecule has 29 heavy (non-hydrogen) atoms. The van der Waals surface area contributed by atoms with E-state index in [2.05, 4.69) is 0 Å². The van der Waals surface area contributed by atoms with Crippen molar-refractivity contribution in [3.05, 3.63) is 71.3 Å². The maximum Gasteiger partial charge on any atom is 0.307 e. The second kappa shape index (κ2) is 10.5. The molecule has 5 heteroatoms. The highest BCUT2D eigenvalue weighted by Gasteiger charge is 2.15. The summed E-state index contributed by atoms with van der Waals surface area (Å²) in [6.07, 6.45) is 1.23. The van der Waals surface area contributed by atoms with Crippen molar-refractivity contribution in [2.45, 2.75) is 40.2 Å². The summed E-state index contributed by atoms with van der Waals surface area (Å²) in [4.78, 5) is 25.5. The molecule has 0 unspecified atom stereocenters. The van der Waals surface area contributed by atoms with E-state index in [0.717, 1.165) is 16.7 Å². The van der Waals surface area contributed by atoms with Crippen molar-refractivity contribution in [1.29, 1.82) is 0 Å². The van der Waals surface area contributed by atoms with Crippen molar-refractivity contribution in [3.63, 3.8) is 0 Å². The first-order valence-corrected chi connectivity index (χ1v) is 9.89. The molecule has 0 aliphatic carbocycles. The average Bonchev–Trinajstić information content (AvgIpc) is 2.70. The topological polar surface area (TPSA) is 66.8 Å². The lowest BCUT2D eigenvalue weighted by molar-refractivity contribution is -0.136. The van der Waals surface area contributed by atoms with Crippen LogP contribution in [0.5, 0.6) is 5.75 Å². The second-order valence-electron chi connectivity index (χ2n) is 6.90. The van der Waals surface area contributed by atoms with Gasteiger partial charge >= 0.3 is 5.97 Å². The molecule has 0 aliphatic rings. The van der Waals surface area contributed by atoms with Crippen LogP contribution in [0.1, 0.15) is 50.5 Å². The number of hydrogen-bond donors (Lipinski definition) is 1. The summed E-state index contributed by atoms with van der Waals surface area (Å²) in [5, 5.41) is 9.32. The third-order valence-corrected chi connectivity index (χ3v) is 4.85. The molecule has 154 valence electrons. The van der Waals surface area contributed by atoms with Gasteiger partial charge in [0.2, 0.25) is 5.91 Å². The molecule has 1 amide bonds. The Hall–Kier alpha value is -3.08. The zero-order valence-electron chi connectivity index (χ0n) is 17.5. The Kier molecular flexibility index (Phi) is 8.01. The molecule has 0 spiro atoms. The van der Waals surface area contributed by atoms with E-state index in [1.165, 1.54) is 0 Å². The minimum Gasteiger partial charge on any atom is -0.486 e. The minimum absolute atomic E-state index is 0.0506. The van der Waals surface area contributed by atoms with Gasteiger partial charge in [-0.25, -0.2) is 0 Å². The first kappa shape index (κ1) is 22.2. The Balaban J connectivity index is 2.31. The summed E-state index contributed by atoms with van der Waals surface area (Å²) >= 11 is 0. The Morgan fingerprint density at radius 3 is 2.34 bits per heavy atom. The number of hydrogen-bond acceptors (Lipinski definition) is 3. The van der Waals surface area contributed by atoms with Crippen molar-refractivity contribution in [2.75, 3.05) is 13.1 Å². The van der Waals surface area contributed by atoms with E-state index in [1.807, 2.05) is 64.1 Å². The lowest BCUT2D eigenvalue weighted by Gasteiger charge is -2.19. The fourth-order valence-corrected chi connectivity index (χ4v) is 3.12. The molecule has 0 aromatic heterocycles. The zero-order chi connectivity index (χ0) is 21.4. The SMILES string of the molecule is CCN(CC)C(=O)C=C(C)c1ccc(O[C@H](C)c2ccccc2)c(CC(=O)O)c1. The van der Waals surface area contributed by atoms with Crippen LogP contribution in [0.15, 0.2) is 54.6 Å². The van der Waals surface area contributed by atoms with Crippen LogP contribution in [0.3, 0.4) is 0 Å². The van der Waals surface area contributed by atoms with E-state index in [1.54, 1.807) is 23.1 Å². The predicted octanol–water partition coefficient (Wildman–Crippen LogP) is 4.73. The molecule has 0 saturated heterocycles. The molecule has 2 aromatic rings. The predicted molar refractivity (Wildman–Crippen MR) is 115 cm³/mol. The molecule has 2 aromatic carbocycles. The molecule has 1 N–H and O–H groups in total. The number of benzene rings is 2. The maximum atomic E-state index is 12.4.